The van der Waals surface area contributed by atoms with E-state index in [0.29, 0.717) is 64.5 Å². The van der Waals surface area contributed by atoms with Crippen molar-refractivity contribution in [3.63, 3.8) is 0 Å². The zero-order valence-corrected chi connectivity index (χ0v) is 59.7. The summed E-state index contributed by atoms with van der Waals surface area (Å²) >= 11 is 6.44. The van der Waals surface area contributed by atoms with E-state index in [2.05, 4.69) is 131 Å². The number of piperidine rings is 2. The molecule has 2 saturated carbocycles. The molecule has 0 spiro atoms. The molecule has 101 heavy (non-hydrogen) atoms. The lowest BCUT2D eigenvalue weighted by atomic mass is 10.0. The average molecular weight is 1390 g/mol. The summed E-state index contributed by atoms with van der Waals surface area (Å²) in [4.78, 5) is 63.6. The third-order valence-corrected chi connectivity index (χ3v) is 21.3. The Morgan fingerprint density at radius 2 is 0.911 bits per heavy atom. The van der Waals surface area contributed by atoms with Crippen LogP contribution in [-0.2, 0) is 58.1 Å². The standard InChI is InChI=1S/C38H45N7O2.C30H30ClN5O2.C8H16N2.C4H8O2/c1-27-23-29-9-5-6-10-32(29)35(24-27)45-18-15-33-34(25-45)40-37(39-30-13-16-42(17-14-30)31-11-12-31)41-36(33)43-19-21-44(22-20-43)38(46)47-26-28-7-3-2-4-8-28;1-21-17-23-9-5-6-10-24(23)27(18-21)36-12-11-25-26(19-36)32-29(31)33-28(25)34-13-15-35(16-14-34)30(37)38-20-22-7-3-2-4-8-22;9-7-3-5-10(6-4-7)8-1-2-8;1-2-6-4-3-5-1/h2-10,23-24,30-31H,11-22,25-26H2,1H3,(H,39,40,41);2-10,17-18H,11-16,19-20H2,1H3;7-8H,1-6,9H2;1-4H2. The number of fused-ring (bicyclic) bond motifs is 4. The van der Waals surface area contributed by atoms with Crippen molar-refractivity contribution in [2.75, 3.05) is 143 Å². The van der Waals surface area contributed by atoms with Crippen molar-refractivity contribution in [2.24, 2.45) is 5.73 Å². The number of nitrogens with two attached hydrogens (primary N) is 1. The predicted molar refractivity (Wildman–Crippen MR) is 401 cm³/mol. The number of hydrogen-bond acceptors (Lipinski definition) is 18. The highest BCUT2D eigenvalue weighted by atomic mass is 35.5. The first kappa shape index (κ1) is 69.7. The summed E-state index contributed by atoms with van der Waals surface area (Å²) in [5.74, 6) is 2.66. The van der Waals surface area contributed by atoms with Crippen molar-refractivity contribution >= 4 is 74.3 Å². The summed E-state index contributed by atoms with van der Waals surface area (Å²) < 4.78 is 21.1. The molecule has 0 radical (unpaired) electrons. The number of carbonyl (C=O) groups excluding carboxylic acids is 2. The van der Waals surface area contributed by atoms with Gasteiger partial charge in [0.1, 0.15) is 24.8 Å². The van der Waals surface area contributed by atoms with Gasteiger partial charge in [0.2, 0.25) is 11.2 Å². The Hall–Kier alpha value is -8.37. The summed E-state index contributed by atoms with van der Waals surface area (Å²) in [6.07, 6.45) is 11.5. The minimum atomic E-state index is -0.280. The lowest BCUT2D eigenvalue weighted by Gasteiger charge is -2.38. The molecular weight excluding hydrogens is 1290 g/mol. The second kappa shape index (κ2) is 33.2. The number of aromatic nitrogens is 4. The van der Waals surface area contributed by atoms with Crippen molar-refractivity contribution in [3.05, 3.63) is 184 Å². The van der Waals surface area contributed by atoms with Gasteiger partial charge in [0.15, 0.2) is 0 Å². The van der Waals surface area contributed by atoms with E-state index in [0.717, 1.165) is 156 Å². The van der Waals surface area contributed by atoms with Crippen LogP contribution in [-0.4, -0.2) is 194 Å². The minimum absolute atomic E-state index is 0.251. The van der Waals surface area contributed by atoms with Gasteiger partial charge < -0.3 is 69.2 Å². The normalized spacial score (nSPS) is 19.2. The molecule has 6 aromatic carbocycles. The molecule has 5 saturated heterocycles. The number of nitrogens with one attached hydrogen (secondary N) is 1. The van der Waals surface area contributed by atoms with Gasteiger partial charge in [-0.15, -0.1) is 0 Å². The van der Waals surface area contributed by atoms with Crippen LogP contribution in [0.15, 0.2) is 133 Å². The van der Waals surface area contributed by atoms with Gasteiger partial charge >= 0.3 is 12.2 Å². The molecule has 2 aliphatic carbocycles. The lowest BCUT2D eigenvalue weighted by molar-refractivity contribution is -0.0334. The zero-order valence-electron chi connectivity index (χ0n) is 58.9. The van der Waals surface area contributed by atoms with Crippen molar-refractivity contribution in [1.29, 1.82) is 0 Å². The van der Waals surface area contributed by atoms with E-state index in [1.54, 1.807) is 4.90 Å². The van der Waals surface area contributed by atoms with Gasteiger partial charge in [0.25, 0.3) is 0 Å². The van der Waals surface area contributed by atoms with Gasteiger partial charge in [-0.25, -0.2) is 24.5 Å². The van der Waals surface area contributed by atoms with E-state index >= 15 is 0 Å². The molecule has 7 fully saturated rings. The van der Waals surface area contributed by atoms with Crippen LogP contribution >= 0.6 is 11.6 Å². The zero-order chi connectivity index (χ0) is 69.0. The molecular formula is C80H99ClN14O6. The number of benzene rings is 6. The number of amides is 2. The molecule has 532 valence electrons. The van der Waals surface area contributed by atoms with E-state index in [1.807, 2.05) is 65.6 Å². The van der Waals surface area contributed by atoms with Crippen LogP contribution in [0, 0.1) is 13.8 Å². The second-order valence-electron chi connectivity index (χ2n) is 28.4. The first-order chi connectivity index (χ1) is 49.5. The summed E-state index contributed by atoms with van der Waals surface area (Å²) in [5.41, 5.74) is 17.3. The van der Waals surface area contributed by atoms with Crippen LogP contribution in [0.1, 0.15) is 96.1 Å². The topological polar surface area (TPSA) is 187 Å². The van der Waals surface area contributed by atoms with Crippen LogP contribution in [0.3, 0.4) is 0 Å². The van der Waals surface area contributed by atoms with E-state index in [1.165, 1.54) is 101 Å². The highest BCUT2D eigenvalue weighted by molar-refractivity contribution is 6.28. The van der Waals surface area contributed by atoms with Crippen molar-refractivity contribution in [3.8, 4) is 0 Å². The van der Waals surface area contributed by atoms with Gasteiger partial charge in [-0.2, -0.15) is 4.98 Å². The Balaban J connectivity index is 0.000000142. The third-order valence-electron chi connectivity index (χ3n) is 21.1. The number of hydrogen-bond donors (Lipinski definition) is 2. The summed E-state index contributed by atoms with van der Waals surface area (Å²) in [5, 5.41) is 9.08. The predicted octanol–water partition coefficient (Wildman–Crippen LogP) is 12.2. The van der Waals surface area contributed by atoms with E-state index in [4.69, 9.17) is 46.3 Å². The Labute approximate surface area is 600 Å². The van der Waals surface area contributed by atoms with Crippen LogP contribution in [0.25, 0.3) is 21.5 Å². The third kappa shape index (κ3) is 18.1. The van der Waals surface area contributed by atoms with Gasteiger partial charge in [-0.05, 0) is 148 Å². The summed E-state index contributed by atoms with van der Waals surface area (Å²) in [6, 6.07) is 48.5. The lowest BCUT2D eigenvalue weighted by Crippen LogP contribution is -2.49. The van der Waals surface area contributed by atoms with E-state index in [-0.39, 0.29) is 24.1 Å². The number of anilines is 5. The van der Waals surface area contributed by atoms with Crippen LogP contribution in [0.2, 0.25) is 5.28 Å². The molecule has 8 aromatic rings. The van der Waals surface area contributed by atoms with Gasteiger partial charge in [-0.1, -0.05) is 121 Å². The quantitative estimate of drug-likeness (QED) is 0.110. The molecule has 9 aliphatic rings. The maximum Gasteiger partial charge on any atom is 0.410 e. The Morgan fingerprint density at radius 1 is 0.485 bits per heavy atom. The number of nitrogens with zero attached hydrogens (tertiary/aromatic N) is 12. The number of aryl methyl sites for hydroxylation is 2. The smallest absolute Gasteiger partial charge is 0.410 e. The minimum Gasteiger partial charge on any atom is -0.445 e. The fourth-order valence-corrected chi connectivity index (χ4v) is 15.4. The Bertz CT molecular complexity index is 4060. The molecule has 17 rings (SSSR count). The van der Waals surface area contributed by atoms with Gasteiger partial charge in [0.05, 0.1) is 50.9 Å². The van der Waals surface area contributed by atoms with E-state index < -0.39 is 0 Å². The SMILES string of the molecule is C1COCCO1.Cc1cc(N2CCc3c(nc(Cl)nc3N3CCN(C(=O)OCc4ccccc4)CC3)C2)c2ccccc2c1.Cc1cc(N2CCc3c(nc(NC4CCN(C5CC5)CC4)nc3N3CCN(C(=O)OCc4ccccc4)CC3)C2)c2ccccc2c1.NC1CCN(C2CC2)CC1. The largest absolute Gasteiger partial charge is 0.445 e. The maximum absolute atomic E-state index is 12.9. The van der Waals surface area contributed by atoms with Crippen molar-refractivity contribution in [1.82, 2.24) is 39.5 Å². The first-order valence-corrected chi connectivity index (χ1v) is 37.4. The number of likely N-dealkylation sites (tertiary alicyclic amines) is 2. The Morgan fingerprint density at radius 3 is 1.37 bits per heavy atom. The number of piperazine rings is 2. The second-order valence-corrected chi connectivity index (χ2v) is 28.8. The fourth-order valence-electron chi connectivity index (χ4n) is 15.2. The molecule has 21 heteroatoms. The Kier molecular flexibility index (Phi) is 22.9. The van der Waals surface area contributed by atoms with Crippen LogP contribution < -0.4 is 30.7 Å². The van der Waals surface area contributed by atoms with Crippen LogP contribution in [0.5, 0.6) is 0 Å². The number of halogens is 1. The molecule has 0 unspecified atom stereocenters. The van der Waals surface area contributed by atoms with Gasteiger partial charge in [-0.3, -0.25) is 0 Å². The highest BCUT2D eigenvalue weighted by Crippen LogP contribution is 2.38. The fraction of sp³-hybridized carbons (Fsp3) is 0.475. The first-order valence-electron chi connectivity index (χ1n) is 37.0. The molecule has 3 N–H and O–H groups in total. The molecule has 7 aliphatic heterocycles. The van der Waals surface area contributed by atoms with Gasteiger partial charge in [0, 0.05) is 136 Å². The molecule has 0 bridgehead atoms. The van der Waals surface area contributed by atoms with Crippen LogP contribution in [0.4, 0.5) is 38.5 Å². The number of carbonyl (C=O) groups is 2. The number of rotatable bonds is 12. The van der Waals surface area contributed by atoms with Crippen molar-refractivity contribution < 1.29 is 28.5 Å². The molecule has 0 atom stereocenters. The average Bonchev–Trinajstić information content (AvgIpc) is 1.66. The molecule has 9 heterocycles. The molecule has 2 aromatic heterocycles. The van der Waals surface area contributed by atoms with E-state index in [9.17, 15) is 9.59 Å². The molecule has 20 nitrogen and oxygen atoms in total. The summed E-state index contributed by atoms with van der Waals surface area (Å²) in [6.45, 7) is 21.2. The monoisotopic (exact) mass is 1390 g/mol. The highest BCUT2D eigenvalue weighted by Gasteiger charge is 2.36. The van der Waals surface area contributed by atoms with Crippen molar-refractivity contribution in [2.45, 2.75) is 129 Å². The number of ether oxygens (including phenoxy) is 4. The molecule has 2 amide bonds. The maximum atomic E-state index is 12.9. The summed E-state index contributed by atoms with van der Waals surface area (Å²) in [7, 11) is 0.